The lowest BCUT2D eigenvalue weighted by molar-refractivity contribution is 0.381. The molecule has 0 saturated heterocycles. The van der Waals surface area contributed by atoms with Crippen molar-refractivity contribution < 1.29 is 4.39 Å². The third-order valence-corrected chi connectivity index (χ3v) is 2.38. The van der Waals surface area contributed by atoms with E-state index in [1.165, 1.54) is 0 Å². The van der Waals surface area contributed by atoms with Gasteiger partial charge in [-0.1, -0.05) is 30.3 Å². The van der Waals surface area contributed by atoms with Crippen molar-refractivity contribution in [2.45, 2.75) is 12.5 Å². The number of alkyl halides is 1. The van der Waals surface area contributed by atoms with Gasteiger partial charge in [0.1, 0.15) is 6.67 Å². The van der Waals surface area contributed by atoms with Crippen LogP contribution in [-0.2, 0) is 0 Å². The molecule has 0 saturated carbocycles. The van der Waals surface area contributed by atoms with Crippen LogP contribution in [0.15, 0.2) is 35.3 Å². The predicted molar refractivity (Wildman–Crippen MR) is 68.5 cm³/mol. The van der Waals surface area contributed by atoms with Gasteiger partial charge < -0.3 is 16.8 Å². The molecule has 1 aromatic rings. The first kappa shape index (κ1) is 13.4. The summed E-state index contributed by atoms with van der Waals surface area (Å²) in [5, 5.41) is 3.13. The van der Waals surface area contributed by atoms with Crippen molar-refractivity contribution in [3.05, 3.63) is 35.9 Å². The largest absolute Gasteiger partial charge is 0.370 e. The molecule has 0 aromatic heterocycles. The first-order chi connectivity index (χ1) is 8.24. The Kier molecular flexibility index (Phi) is 6.03. The topological polar surface area (TPSA) is 76.4 Å². The zero-order valence-electron chi connectivity index (χ0n) is 9.77. The van der Waals surface area contributed by atoms with Crippen molar-refractivity contribution >= 4 is 5.96 Å². The molecule has 1 unspecified atom stereocenters. The summed E-state index contributed by atoms with van der Waals surface area (Å²) >= 11 is 0. The normalized spacial score (nSPS) is 12.1. The fourth-order valence-corrected chi connectivity index (χ4v) is 1.51. The van der Waals surface area contributed by atoms with Crippen LogP contribution in [0.3, 0.4) is 0 Å². The van der Waals surface area contributed by atoms with Gasteiger partial charge >= 0.3 is 0 Å². The number of nitrogens with zero attached hydrogens (tertiary/aromatic N) is 1. The van der Waals surface area contributed by atoms with Crippen molar-refractivity contribution in [2.75, 3.05) is 19.8 Å². The molecule has 5 N–H and O–H groups in total. The standard InChI is InChI=1S/C12H19FN4/c13-9-11(10-5-2-1-3-6-10)16-7-4-8-17-12(14)15/h1-3,5-6,11,16H,4,7-9H2,(H4,14,15,17). The summed E-state index contributed by atoms with van der Waals surface area (Å²) in [6.45, 7) is 0.815. The Balaban J connectivity index is 2.31. The molecular weight excluding hydrogens is 219 g/mol. The van der Waals surface area contributed by atoms with Crippen LogP contribution in [0.2, 0.25) is 0 Å². The maximum atomic E-state index is 12.9. The third kappa shape index (κ3) is 5.31. The summed E-state index contributed by atoms with van der Waals surface area (Å²) in [5.41, 5.74) is 11.4. The fourth-order valence-electron chi connectivity index (χ4n) is 1.51. The lowest BCUT2D eigenvalue weighted by atomic mass is 10.1. The molecule has 0 bridgehead atoms. The summed E-state index contributed by atoms with van der Waals surface area (Å²) in [5.74, 6) is 0.0927. The van der Waals surface area contributed by atoms with Gasteiger partial charge in [-0.15, -0.1) is 0 Å². The quantitative estimate of drug-likeness (QED) is 0.376. The van der Waals surface area contributed by atoms with Crippen molar-refractivity contribution in [3.63, 3.8) is 0 Å². The Morgan fingerprint density at radius 2 is 2.00 bits per heavy atom. The van der Waals surface area contributed by atoms with Crippen LogP contribution in [-0.4, -0.2) is 25.7 Å². The van der Waals surface area contributed by atoms with E-state index in [1.807, 2.05) is 30.3 Å². The first-order valence-electron chi connectivity index (χ1n) is 5.63. The van der Waals surface area contributed by atoms with E-state index in [-0.39, 0.29) is 12.0 Å². The van der Waals surface area contributed by atoms with Gasteiger partial charge in [0, 0.05) is 6.54 Å². The van der Waals surface area contributed by atoms with Gasteiger partial charge in [0.05, 0.1) is 6.04 Å². The number of halogens is 1. The van der Waals surface area contributed by atoms with Crippen molar-refractivity contribution in [1.29, 1.82) is 0 Å². The van der Waals surface area contributed by atoms with Crippen LogP contribution in [0.1, 0.15) is 18.0 Å². The number of aliphatic imine (C=N–C) groups is 1. The Labute approximate surface area is 101 Å². The minimum Gasteiger partial charge on any atom is -0.370 e. The second-order valence-corrected chi connectivity index (χ2v) is 3.73. The second-order valence-electron chi connectivity index (χ2n) is 3.73. The molecule has 0 spiro atoms. The Morgan fingerprint density at radius 3 is 2.59 bits per heavy atom. The molecule has 0 amide bonds. The van der Waals surface area contributed by atoms with Crippen molar-refractivity contribution in [1.82, 2.24) is 5.32 Å². The highest BCUT2D eigenvalue weighted by Crippen LogP contribution is 2.12. The van der Waals surface area contributed by atoms with Gasteiger partial charge in [0.15, 0.2) is 5.96 Å². The van der Waals surface area contributed by atoms with Crippen LogP contribution in [0, 0.1) is 0 Å². The molecule has 0 aliphatic heterocycles. The highest BCUT2D eigenvalue weighted by atomic mass is 19.1. The van der Waals surface area contributed by atoms with E-state index in [0.717, 1.165) is 12.0 Å². The summed E-state index contributed by atoms with van der Waals surface area (Å²) < 4.78 is 12.9. The summed E-state index contributed by atoms with van der Waals surface area (Å²) in [7, 11) is 0. The first-order valence-corrected chi connectivity index (χ1v) is 5.63. The Bertz CT molecular complexity index is 336. The van der Waals surface area contributed by atoms with Crippen LogP contribution in [0.4, 0.5) is 4.39 Å². The predicted octanol–water partition coefficient (Wildman–Crippen LogP) is 0.950. The SMILES string of the molecule is NC(N)=NCCCNC(CF)c1ccccc1. The smallest absolute Gasteiger partial charge is 0.185 e. The second kappa shape index (κ2) is 7.62. The van der Waals surface area contributed by atoms with E-state index in [9.17, 15) is 4.39 Å². The lowest BCUT2D eigenvalue weighted by Gasteiger charge is -2.15. The van der Waals surface area contributed by atoms with Gasteiger partial charge in [-0.3, -0.25) is 4.99 Å². The Morgan fingerprint density at radius 1 is 1.29 bits per heavy atom. The molecule has 0 fully saturated rings. The van der Waals surface area contributed by atoms with E-state index in [1.54, 1.807) is 0 Å². The number of hydrogen-bond acceptors (Lipinski definition) is 2. The van der Waals surface area contributed by atoms with E-state index >= 15 is 0 Å². The summed E-state index contributed by atoms with van der Waals surface area (Å²) in [6.07, 6.45) is 0.779. The highest BCUT2D eigenvalue weighted by molar-refractivity contribution is 5.75. The maximum Gasteiger partial charge on any atom is 0.185 e. The molecule has 1 rings (SSSR count). The van der Waals surface area contributed by atoms with E-state index in [0.29, 0.717) is 13.1 Å². The number of nitrogens with two attached hydrogens (primary N) is 2. The monoisotopic (exact) mass is 238 g/mol. The fraction of sp³-hybridized carbons (Fsp3) is 0.417. The molecule has 0 aliphatic carbocycles. The molecule has 4 nitrogen and oxygen atoms in total. The van der Waals surface area contributed by atoms with Gasteiger partial charge in [0.2, 0.25) is 0 Å². The average molecular weight is 238 g/mol. The zero-order valence-corrected chi connectivity index (χ0v) is 9.77. The zero-order chi connectivity index (χ0) is 12.5. The Hall–Kier alpha value is -1.62. The van der Waals surface area contributed by atoms with Gasteiger partial charge in [-0.2, -0.15) is 0 Å². The average Bonchev–Trinajstić information content (AvgIpc) is 2.34. The molecule has 0 heterocycles. The van der Waals surface area contributed by atoms with Crippen LogP contribution >= 0.6 is 0 Å². The van der Waals surface area contributed by atoms with E-state index < -0.39 is 6.67 Å². The molecular formula is C12H19FN4. The number of rotatable bonds is 7. The van der Waals surface area contributed by atoms with Gasteiger partial charge in [-0.25, -0.2) is 4.39 Å². The molecule has 5 heteroatoms. The summed E-state index contributed by atoms with van der Waals surface area (Å²) in [4.78, 5) is 3.86. The number of hydrogen-bond donors (Lipinski definition) is 3. The van der Waals surface area contributed by atoms with E-state index in [4.69, 9.17) is 11.5 Å². The molecule has 1 atom stereocenters. The summed E-state index contributed by atoms with van der Waals surface area (Å²) in [6, 6.07) is 9.28. The molecule has 0 radical (unpaired) electrons. The third-order valence-electron chi connectivity index (χ3n) is 2.38. The van der Waals surface area contributed by atoms with Gasteiger partial charge in [-0.05, 0) is 18.5 Å². The highest BCUT2D eigenvalue weighted by Gasteiger charge is 2.08. The van der Waals surface area contributed by atoms with Gasteiger partial charge in [0.25, 0.3) is 0 Å². The molecule has 1 aromatic carbocycles. The molecule has 17 heavy (non-hydrogen) atoms. The molecule has 0 aliphatic rings. The van der Waals surface area contributed by atoms with Crippen LogP contribution in [0.5, 0.6) is 0 Å². The minimum absolute atomic E-state index is 0.0927. The van der Waals surface area contributed by atoms with Crippen molar-refractivity contribution in [2.24, 2.45) is 16.5 Å². The van der Waals surface area contributed by atoms with Crippen LogP contribution < -0.4 is 16.8 Å². The van der Waals surface area contributed by atoms with E-state index in [2.05, 4.69) is 10.3 Å². The number of guanidine groups is 1. The number of nitrogens with one attached hydrogen (secondary N) is 1. The van der Waals surface area contributed by atoms with Crippen LogP contribution in [0.25, 0.3) is 0 Å². The lowest BCUT2D eigenvalue weighted by Crippen LogP contribution is -2.26. The minimum atomic E-state index is -0.424. The molecule has 94 valence electrons. The maximum absolute atomic E-state index is 12.9. The van der Waals surface area contributed by atoms with Crippen molar-refractivity contribution in [3.8, 4) is 0 Å². The number of benzene rings is 1.